The van der Waals surface area contributed by atoms with Crippen molar-refractivity contribution in [3.63, 3.8) is 0 Å². The van der Waals surface area contributed by atoms with Crippen molar-refractivity contribution in [2.24, 2.45) is 4.99 Å². The Labute approximate surface area is 49.0 Å². The van der Waals surface area contributed by atoms with Crippen molar-refractivity contribution in [1.29, 1.82) is 0 Å². The number of hydrogen-bond acceptors (Lipinski definition) is 3. The molecule has 0 aromatic rings. The zero-order valence-electron chi connectivity index (χ0n) is 5.09. The van der Waals surface area contributed by atoms with Gasteiger partial charge in [0.15, 0.2) is 0 Å². The smallest absolute Gasteiger partial charge is 0.287 e. The Bertz CT molecular complexity index is 111. The normalized spacial score (nSPS) is 18.8. The Kier molecular flexibility index (Phi) is 1.37. The lowest BCUT2D eigenvalue weighted by molar-refractivity contribution is 0.332. The average Bonchev–Trinajstić information content (AvgIpc) is 2.14. The minimum Gasteiger partial charge on any atom is -0.468 e. The fourth-order valence-corrected chi connectivity index (χ4v) is 0.627. The molecule has 0 aliphatic carbocycles. The molecular formula is C5H9N2O. The van der Waals surface area contributed by atoms with E-state index in [4.69, 9.17) is 4.74 Å². The predicted octanol–water partition coefficient (Wildman–Crippen LogP) is 0.0960. The first-order valence-electron chi connectivity index (χ1n) is 2.49. The molecule has 1 radical (unpaired) electrons. The topological polar surface area (TPSA) is 24.8 Å². The van der Waals surface area contributed by atoms with Crippen LogP contribution in [0, 0.1) is 6.54 Å². The van der Waals surface area contributed by atoms with Gasteiger partial charge in [-0.15, -0.1) is 0 Å². The molecule has 0 saturated heterocycles. The maximum Gasteiger partial charge on any atom is 0.287 e. The Balaban J connectivity index is 2.49. The zero-order chi connectivity index (χ0) is 5.98. The van der Waals surface area contributed by atoms with Crippen molar-refractivity contribution in [3.05, 3.63) is 6.54 Å². The van der Waals surface area contributed by atoms with Crippen LogP contribution in [0.4, 0.5) is 0 Å². The Morgan fingerprint density at radius 2 is 2.62 bits per heavy atom. The van der Waals surface area contributed by atoms with E-state index in [-0.39, 0.29) is 0 Å². The summed E-state index contributed by atoms with van der Waals surface area (Å²) in [4.78, 5) is 5.86. The fraction of sp³-hybridized carbons (Fsp3) is 0.600. The molecule has 0 amide bonds. The second-order valence-corrected chi connectivity index (χ2v) is 1.68. The zero-order valence-corrected chi connectivity index (χ0v) is 5.09. The van der Waals surface area contributed by atoms with Crippen LogP contribution in [0.1, 0.15) is 0 Å². The van der Waals surface area contributed by atoms with Crippen LogP contribution in [0.15, 0.2) is 4.99 Å². The number of rotatable bonds is 0. The summed E-state index contributed by atoms with van der Waals surface area (Å²) >= 11 is 0. The molecule has 0 spiro atoms. The van der Waals surface area contributed by atoms with Crippen LogP contribution in [-0.4, -0.2) is 31.6 Å². The number of nitrogens with zero attached hydrogens (tertiary/aromatic N) is 2. The van der Waals surface area contributed by atoms with E-state index in [9.17, 15) is 0 Å². The Hall–Kier alpha value is -0.730. The van der Waals surface area contributed by atoms with Crippen molar-refractivity contribution in [3.8, 4) is 0 Å². The number of aliphatic imine (C=N–C) groups is 1. The van der Waals surface area contributed by atoms with Crippen LogP contribution in [-0.2, 0) is 4.74 Å². The first kappa shape index (κ1) is 5.41. The molecular weight excluding hydrogens is 104 g/mol. The van der Waals surface area contributed by atoms with E-state index >= 15 is 0 Å². The van der Waals surface area contributed by atoms with Gasteiger partial charge >= 0.3 is 0 Å². The maximum absolute atomic E-state index is 4.87. The summed E-state index contributed by atoms with van der Waals surface area (Å²) in [7, 11) is 3.56. The fourth-order valence-electron chi connectivity index (χ4n) is 0.627. The van der Waals surface area contributed by atoms with Gasteiger partial charge < -0.3 is 9.64 Å². The molecule has 1 aliphatic heterocycles. The molecule has 1 rings (SSSR count). The highest BCUT2D eigenvalue weighted by molar-refractivity contribution is 5.75. The molecule has 3 nitrogen and oxygen atoms in total. The summed E-state index contributed by atoms with van der Waals surface area (Å²) in [5.74, 6) is 0. The summed E-state index contributed by atoms with van der Waals surface area (Å²) in [6.07, 6.45) is 0. The molecule has 0 fully saturated rings. The lowest BCUT2D eigenvalue weighted by Gasteiger charge is -2.09. The molecule has 0 bridgehead atoms. The molecule has 8 heavy (non-hydrogen) atoms. The molecule has 0 aromatic carbocycles. The van der Waals surface area contributed by atoms with Crippen LogP contribution >= 0.6 is 0 Å². The predicted molar refractivity (Wildman–Crippen MR) is 31.4 cm³/mol. The number of ether oxygens (including phenoxy) is 1. The lowest BCUT2D eigenvalue weighted by Crippen LogP contribution is -2.23. The highest BCUT2D eigenvalue weighted by Gasteiger charge is 2.11. The molecule has 0 saturated carbocycles. The van der Waals surface area contributed by atoms with Gasteiger partial charge in [-0.05, 0) is 0 Å². The molecule has 45 valence electrons. The van der Waals surface area contributed by atoms with Gasteiger partial charge in [-0.1, -0.05) is 0 Å². The minimum absolute atomic E-state index is 0.699. The number of methoxy groups -OCH3 is 1. The average molecular weight is 113 g/mol. The Morgan fingerprint density at radius 1 is 1.88 bits per heavy atom. The van der Waals surface area contributed by atoms with Gasteiger partial charge in [-0.2, -0.15) is 0 Å². The summed E-state index contributed by atoms with van der Waals surface area (Å²) < 4.78 is 4.87. The number of amidine groups is 1. The molecule has 1 heterocycles. The third-order valence-corrected chi connectivity index (χ3v) is 1.07. The van der Waals surface area contributed by atoms with Crippen LogP contribution in [0.2, 0.25) is 0 Å². The van der Waals surface area contributed by atoms with Crippen molar-refractivity contribution in [1.82, 2.24) is 4.90 Å². The molecule has 0 unspecified atom stereocenters. The molecule has 0 N–H and O–H groups in total. The van der Waals surface area contributed by atoms with Gasteiger partial charge in [0, 0.05) is 13.6 Å². The monoisotopic (exact) mass is 113 g/mol. The van der Waals surface area contributed by atoms with Gasteiger partial charge in [0.2, 0.25) is 0 Å². The first-order valence-corrected chi connectivity index (χ1v) is 2.49. The largest absolute Gasteiger partial charge is 0.468 e. The summed E-state index contributed by atoms with van der Waals surface area (Å²) in [5, 5.41) is 0. The van der Waals surface area contributed by atoms with Crippen molar-refractivity contribution in [2.75, 3.05) is 20.7 Å². The number of likely N-dealkylation sites (N-methyl/N-ethyl adjacent to an activating group) is 1. The maximum atomic E-state index is 4.87. The van der Waals surface area contributed by atoms with E-state index in [0.29, 0.717) is 6.02 Å². The van der Waals surface area contributed by atoms with Crippen LogP contribution < -0.4 is 0 Å². The van der Waals surface area contributed by atoms with Crippen LogP contribution in [0.3, 0.4) is 0 Å². The van der Waals surface area contributed by atoms with Crippen molar-refractivity contribution < 1.29 is 4.74 Å². The molecule has 0 aromatic heterocycles. The van der Waals surface area contributed by atoms with E-state index in [1.54, 1.807) is 7.11 Å². The van der Waals surface area contributed by atoms with E-state index < -0.39 is 0 Å². The molecule has 1 aliphatic rings. The SMILES string of the molecule is COC1=N[CH]CN1C. The minimum atomic E-state index is 0.699. The van der Waals surface area contributed by atoms with E-state index in [1.165, 1.54) is 0 Å². The van der Waals surface area contributed by atoms with Gasteiger partial charge in [0.1, 0.15) is 0 Å². The molecule has 0 atom stereocenters. The second kappa shape index (κ2) is 2.03. The van der Waals surface area contributed by atoms with Gasteiger partial charge in [-0.25, -0.2) is 4.99 Å². The summed E-state index contributed by atoms with van der Waals surface area (Å²) in [5.41, 5.74) is 0. The summed E-state index contributed by atoms with van der Waals surface area (Å²) in [6.45, 7) is 2.68. The van der Waals surface area contributed by atoms with Crippen LogP contribution in [0.25, 0.3) is 0 Å². The first-order chi connectivity index (χ1) is 3.84. The van der Waals surface area contributed by atoms with Gasteiger partial charge in [-0.3, -0.25) is 0 Å². The van der Waals surface area contributed by atoms with Crippen LogP contribution in [0.5, 0.6) is 0 Å². The van der Waals surface area contributed by atoms with Crippen molar-refractivity contribution in [2.45, 2.75) is 0 Å². The van der Waals surface area contributed by atoms with Crippen molar-refractivity contribution >= 4 is 6.02 Å². The summed E-state index contributed by atoms with van der Waals surface area (Å²) in [6, 6.07) is 0.699. The molecule has 3 heteroatoms. The van der Waals surface area contributed by atoms with Gasteiger partial charge in [0.25, 0.3) is 6.02 Å². The Morgan fingerprint density at radius 3 is 2.88 bits per heavy atom. The van der Waals surface area contributed by atoms with Gasteiger partial charge in [0.05, 0.1) is 13.7 Å². The number of hydrogen-bond donors (Lipinski definition) is 0. The standard InChI is InChI=1S/C5H9N2O/c1-7-4-3-6-5(7)8-2/h3H,4H2,1-2H3. The highest BCUT2D eigenvalue weighted by atomic mass is 16.5. The lowest BCUT2D eigenvalue weighted by atomic mass is 10.6. The van der Waals surface area contributed by atoms with E-state index in [2.05, 4.69) is 4.99 Å². The van der Waals surface area contributed by atoms with E-state index in [1.807, 2.05) is 18.5 Å². The third-order valence-electron chi connectivity index (χ3n) is 1.07. The quantitative estimate of drug-likeness (QED) is 0.445. The van der Waals surface area contributed by atoms with E-state index in [0.717, 1.165) is 6.54 Å². The third kappa shape index (κ3) is 0.757. The highest BCUT2D eigenvalue weighted by Crippen LogP contribution is 2.00. The second-order valence-electron chi connectivity index (χ2n) is 1.68.